The fourth-order valence-electron chi connectivity index (χ4n) is 2.77. The van der Waals surface area contributed by atoms with Crippen LogP contribution in [-0.4, -0.2) is 40.1 Å². The number of rotatable bonds is 5. The Kier molecular flexibility index (Phi) is 6.27. The predicted octanol–water partition coefficient (Wildman–Crippen LogP) is 3.04. The number of halogens is 2. The van der Waals surface area contributed by atoms with E-state index in [1.165, 1.54) is 36.0 Å². The van der Waals surface area contributed by atoms with Crippen molar-refractivity contribution in [2.75, 3.05) is 18.9 Å². The maximum Gasteiger partial charge on any atom is 0.278 e. The van der Waals surface area contributed by atoms with Crippen LogP contribution in [0.3, 0.4) is 0 Å². The van der Waals surface area contributed by atoms with Gasteiger partial charge in [-0.25, -0.2) is 9.07 Å². The van der Waals surface area contributed by atoms with Crippen LogP contribution in [0, 0.1) is 12.7 Å². The van der Waals surface area contributed by atoms with E-state index in [1.54, 1.807) is 31.2 Å². The zero-order valence-corrected chi connectivity index (χ0v) is 17.0. The van der Waals surface area contributed by atoms with Crippen molar-refractivity contribution in [3.63, 3.8) is 0 Å². The summed E-state index contributed by atoms with van der Waals surface area (Å²) in [4.78, 5) is 38.4. The molecule has 0 fully saturated rings. The Balaban J connectivity index is 1.79. The average molecular weight is 429 g/mol. The van der Waals surface area contributed by atoms with Gasteiger partial charge in [-0.1, -0.05) is 17.7 Å². The first-order chi connectivity index (χ1) is 14.2. The fourth-order valence-corrected chi connectivity index (χ4v) is 2.90. The molecule has 3 aromatic rings. The molecule has 0 saturated carbocycles. The van der Waals surface area contributed by atoms with Gasteiger partial charge in [0, 0.05) is 29.5 Å². The van der Waals surface area contributed by atoms with Crippen LogP contribution in [0.15, 0.2) is 59.4 Å². The van der Waals surface area contributed by atoms with Crippen molar-refractivity contribution < 1.29 is 14.0 Å². The maximum atomic E-state index is 13.2. The Bertz CT molecular complexity index is 1160. The van der Waals surface area contributed by atoms with E-state index in [2.05, 4.69) is 10.4 Å². The van der Waals surface area contributed by atoms with Gasteiger partial charge in [-0.3, -0.25) is 14.4 Å². The van der Waals surface area contributed by atoms with Crippen LogP contribution in [0.1, 0.15) is 16.2 Å². The van der Waals surface area contributed by atoms with Crippen molar-refractivity contribution in [2.45, 2.75) is 6.92 Å². The van der Waals surface area contributed by atoms with Crippen LogP contribution >= 0.6 is 11.6 Å². The lowest BCUT2D eigenvalue weighted by Crippen LogP contribution is -2.38. The number of amides is 2. The summed E-state index contributed by atoms with van der Waals surface area (Å²) in [5, 5.41) is 7.22. The van der Waals surface area contributed by atoms with Gasteiger partial charge in [0.25, 0.3) is 5.91 Å². The number of nitrogens with zero attached hydrogens (tertiary/aromatic N) is 3. The van der Waals surface area contributed by atoms with Crippen LogP contribution < -0.4 is 10.7 Å². The van der Waals surface area contributed by atoms with E-state index in [9.17, 15) is 18.8 Å². The second kappa shape index (κ2) is 8.87. The second-order valence-corrected chi connectivity index (χ2v) is 7.04. The van der Waals surface area contributed by atoms with Gasteiger partial charge < -0.3 is 10.2 Å². The highest BCUT2D eigenvalue weighted by Crippen LogP contribution is 2.14. The minimum absolute atomic E-state index is 0.263. The molecule has 2 amide bonds. The molecule has 0 spiro atoms. The molecule has 0 aliphatic carbocycles. The molecule has 30 heavy (non-hydrogen) atoms. The van der Waals surface area contributed by atoms with Crippen LogP contribution in [0.4, 0.5) is 10.1 Å². The molecule has 0 unspecified atom stereocenters. The van der Waals surface area contributed by atoms with Gasteiger partial charge in [-0.15, -0.1) is 0 Å². The first-order valence-corrected chi connectivity index (χ1v) is 9.30. The Morgan fingerprint density at radius 2 is 1.87 bits per heavy atom. The summed E-state index contributed by atoms with van der Waals surface area (Å²) in [5.74, 6) is -1.75. The summed E-state index contributed by atoms with van der Waals surface area (Å²) >= 11 is 5.90. The molecule has 1 heterocycles. The van der Waals surface area contributed by atoms with Gasteiger partial charge in [0.05, 0.1) is 12.2 Å². The first kappa shape index (κ1) is 21.2. The van der Waals surface area contributed by atoms with Crippen molar-refractivity contribution in [3.05, 3.63) is 87.0 Å². The zero-order chi connectivity index (χ0) is 21.8. The summed E-state index contributed by atoms with van der Waals surface area (Å²) in [6, 6.07) is 13.4. The molecule has 9 heteroatoms. The van der Waals surface area contributed by atoms with Gasteiger partial charge in [-0.05, 0) is 49.4 Å². The number of carbonyl (C=O) groups excluding carboxylic acids is 2. The summed E-state index contributed by atoms with van der Waals surface area (Å²) in [6.45, 7) is 1.35. The van der Waals surface area contributed by atoms with Gasteiger partial charge in [0.2, 0.25) is 11.3 Å². The number of aromatic nitrogens is 2. The van der Waals surface area contributed by atoms with Crippen molar-refractivity contribution in [1.82, 2.24) is 14.7 Å². The molecule has 3 rings (SSSR count). The van der Waals surface area contributed by atoms with Gasteiger partial charge >= 0.3 is 0 Å². The van der Waals surface area contributed by atoms with Crippen LogP contribution in [0.2, 0.25) is 5.02 Å². The van der Waals surface area contributed by atoms with Gasteiger partial charge in [0.1, 0.15) is 5.82 Å². The van der Waals surface area contributed by atoms with E-state index < -0.39 is 23.1 Å². The number of anilines is 1. The Labute approximate surface area is 176 Å². The molecular weight excluding hydrogens is 411 g/mol. The molecule has 0 bridgehead atoms. The van der Waals surface area contributed by atoms with Gasteiger partial charge in [0.15, 0.2) is 5.69 Å². The second-order valence-electron chi connectivity index (χ2n) is 6.61. The minimum Gasteiger partial charge on any atom is -0.331 e. The highest BCUT2D eigenvalue weighted by molar-refractivity contribution is 6.30. The van der Waals surface area contributed by atoms with Gasteiger partial charge in [-0.2, -0.15) is 5.10 Å². The lowest BCUT2D eigenvalue weighted by molar-refractivity contribution is -0.116. The molecule has 1 N–H and O–H groups in total. The van der Waals surface area contributed by atoms with Crippen LogP contribution in [0.5, 0.6) is 0 Å². The van der Waals surface area contributed by atoms with Crippen molar-refractivity contribution in [2.24, 2.45) is 0 Å². The summed E-state index contributed by atoms with van der Waals surface area (Å²) in [6.07, 6.45) is 0. The smallest absolute Gasteiger partial charge is 0.278 e. The molecule has 0 radical (unpaired) electrons. The lowest BCUT2D eigenvalue weighted by Gasteiger charge is -2.17. The van der Waals surface area contributed by atoms with Crippen molar-refractivity contribution >= 4 is 29.1 Å². The highest BCUT2D eigenvalue weighted by Gasteiger charge is 2.21. The number of hydrogen-bond donors (Lipinski definition) is 1. The number of likely N-dealkylation sites (N-methyl/N-ethyl adjacent to an activating group) is 1. The van der Waals surface area contributed by atoms with E-state index in [-0.39, 0.29) is 17.9 Å². The van der Waals surface area contributed by atoms with E-state index in [4.69, 9.17) is 11.6 Å². The van der Waals surface area contributed by atoms with Crippen LogP contribution in [0.25, 0.3) is 5.69 Å². The number of carbonyl (C=O) groups is 2. The lowest BCUT2D eigenvalue weighted by atomic mass is 10.2. The Morgan fingerprint density at radius 3 is 2.53 bits per heavy atom. The fraction of sp³-hybridized carbons (Fsp3) is 0.143. The molecule has 7 nitrogen and oxygen atoms in total. The van der Waals surface area contributed by atoms with E-state index in [0.29, 0.717) is 16.4 Å². The van der Waals surface area contributed by atoms with E-state index in [0.717, 1.165) is 11.0 Å². The maximum absolute atomic E-state index is 13.2. The molecule has 0 aliphatic heterocycles. The zero-order valence-electron chi connectivity index (χ0n) is 16.2. The standard InChI is InChI=1S/C21H18ClFN4O3/c1-13-10-18(28)20(25-27(13)17-8-6-14(22)7-9-17)21(30)26(2)12-19(29)24-16-5-3-4-15(23)11-16/h3-11H,12H2,1-2H3,(H,24,29). The highest BCUT2D eigenvalue weighted by atomic mass is 35.5. The minimum atomic E-state index is -0.711. The van der Waals surface area contributed by atoms with Crippen LogP contribution in [-0.2, 0) is 4.79 Å². The quantitative estimate of drug-likeness (QED) is 0.677. The SMILES string of the molecule is Cc1cc(=O)c(C(=O)N(C)CC(=O)Nc2cccc(F)c2)nn1-c1ccc(Cl)cc1. The third-order valence-corrected chi connectivity index (χ3v) is 4.47. The Morgan fingerprint density at radius 1 is 1.17 bits per heavy atom. The molecule has 0 aliphatic rings. The third kappa shape index (κ3) is 4.90. The molecule has 2 aromatic carbocycles. The monoisotopic (exact) mass is 428 g/mol. The number of benzene rings is 2. The average Bonchev–Trinajstić information content (AvgIpc) is 2.68. The molecule has 154 valence electrons. The molecule has 0 saturated heterocycles. The first-order valence-electron chi connectivity index (χ1n) is 8.92. The molecule has 0 atom stereocenters. The molecule has 1 aromatic heterocycles. The number of nitrogens with one attached hydrogen (secondary N) is 1. The number of hydrogen-bond acceptors (Lipinski definition) is 4. The predicted molar refractivity (Wildman–Crippen MR) is 112 cm³/mol. The summed E-state index contributed by atoms with van der Waals surface area (Å²) in [5.41, 5.74) is 0.541. The topological polar surface area (TPSA) is 84.3 Å². The van der Waals surface area contributed by atoms with E-state index in [1.807, 2.05) is 0 Å². The molecular formula is C21H18ClFN4O3. The van der Waals surface area contributed by atoms with Crippen molar-refractivity contribution in [1.29, 1.82) is 0 Å². The number of aryl methyl sites for hydroxylation is 1. The largest absolute Gasteiger partial charge is 0.331 e. The van der Waals surface area contributed by atoms with Crippen molar-refractivity contribution in [3.8, 4) is 5.69 Å². The summed E-state index contributed by atoms with van der Waals surface area (Å²) in [7, 11) is 1.38. The Hall–Kier alpha value is -3.52. The van der Waals surface area contributed by atoms with E-state index >= 15 is 0 Å². The third-order valence-electron chi connectivity index (χ3n) is 4.22. The summed E-state index contributed by atoms with van der Waals surface area (Å²) < 4.78 is 14.7. The normalized spacial score (nSPS) is 10.5.